The number of aliphatic imine (C=N–C) groups is 1. The molecular weight excluding hydrogens is 319 g/mol. The van der Waals surface area contributed by atoms with Crippen LogP contribution in [0.25, 0.3) is 0 Å². The van der Waals surface area contributed by atoms with Crippen molar-refractivity contribution < 1.29 is 9.18 Å². The average molecular weight is 342 g/mol. The number of hydrogen-bond acceptors (Lipinski definition) is 4. The van der Waals surface area contributed by atoms with Crippen molar-refractivity contribution in [2.75, 3.05) is 6.54 Å². The third-order valence-electron chi connectivity index (χ3n) is 5.90. The van der Waals surface area contributed by atoms with E-state index in [1.807, 2.05) is 13.1 Å². The van der Waals surface area contributed by atoms with E-state index in [4.69, 9.17) is 0 Å². The second-order valence-corrected chi connectivity index (χ2v) is 7.59. The van der Waals surface area contributed by atoms with Gasteiger partial charge in [0.05, 0.1) is 18.4 Å². The molecule has 2 fully saturated rings. The number of aromatic nitrogens is 1. The Morgan fingerprint density at radius 2 is 2.16 bits per heavy atom. The van der Waals surface area contributed by atoms with Crippen molar-refractivity contribution in [3.8, 4) is 0 Å². The van der Waals surface area contributed by atoms with Crippen LogP contribution in [0.1, 0.15) is 55.9 Å². The minimum atomic E-state index is -0.429. The lowest BCUT2D eigenvalue weighted by Gasteiger charge is -2.46. The van der Waals surface area contributed by atoms with Crippen molar-refractivity contribution in [1.29, 1.82) is 0 Å². The van der Waals surface area contributed by atoms with Crippen LogP contribution in [0.2, 0.25) is 0 Å². The predicted molar refractivity (Wildman–Crippen MR) is 93.8 cm³/mol. The molecule has 132 valence electrons. The van der Waals surface area contributed by atoms with E-state index in [1.54, 1.807) is 0 Å². The van der Waals surface area contributed by atoms with Crippen LogP contribution in [0.5, 0.6) is 0 Å². The van der Waals surface area contributed by atoms with Crippen LogP contribution in [0.4, 0.5) is 4.39 Å². The number of nitrogens with zero attached hydrogens (tertiary/aromatic N) is 3. The molecule has 6 heteroatoms. The number of rotatable bonds is 3. The Hall–Kier alpha value is -2.24. The summed E-state index contributed by atoms with van der Waals surface area (Å²) in [6.45, 7) is 2.85. The second-order valence-electron chi connectivity index (χ2n) is 7.59. The molecule has 2 heterocycles. The van der Waals surface area contributed by atoms with Crippen LogP contribution < -0.4 is 5.32 Å². The number of carbonyl (C=O) groups excluding carboxylic acids is 1. The van der Waals surface area contributed by atoms with Crippen LogP contribution in [0.3, 0.4) is 0 Å². The summed E-state index contributed by atoms with van der Waals surface area (Å²) in [5.41, 5.74) is 1.24. The molecule has 1 N–H and O–H groups in total. The average Bonchev–Trinajstić information content (AvgIpc) is 2.87. The van der Waals surface area contributed by atoms with Gasteiger partial charge in [-0.1, -0.05) is 0 Å². The third-order valence-corrected chi connectivity index (χ3v) is 5.90. The van der Waals surface area contributed by atoms with Crippen LogP contribution in [0, 0.1) is 5.82 Å². The van der Waals surface area contributed by atoms with Crippen molar-refractivity contribution in [3.05, 3.63) is 41.7 Å². The lowest BCUT2D eigenvalue weighted by atomic mass is 9.77. The first kappa shape index (κ1) is 16.2. The van der Waals surface area contributed by atoms with Gasteiger partial charge in [-0.2, -0.15) is 0 Å². The maximum Gasteiger partial charge on any atom is 0.270 e. The summed E-state index contributed by atoms with van der Waals surface area (Å²) in [6, 6.07) is 2.72. The van der Waals surface area contributed by atoms with E-state index in [2.05, 4.69) is 26.4 Å². The standard InChI is InChI=1S/C19H23FN4O/c1-14-12-24(10-9-21-14)19-6-2-5-18(13-19,7-8-19)23-17(25)16-4-3-15(20)11-22-16/h3-4,9,11-12H,2,5-8,10,13H2,1H3,(H,23,25). The van der Waals surface area contributed by atoms with E-state index in [1.165, 1.54) is 12.1 Å². The van der Waals surface area contributed by atoms with Gasteiger partial charge in [-0.25, -0.2) is 9.37 Å². The molecule has 5 nitrogen and oxygen atoms in total. The SMILES string of the molecule is CC1=CN(C23CCCC(NC(=O)c4ccc(F)cn4)(CC2)C3)CC=N1. The summed E-state index contributed by atoms with van der Waals surface area (Å²) in [7, 11) is 0. The fourth-order valence-corrected chi connectivity index (χ4v) is 4.75. The molecular formula is C19H23FN4O. The van der Waals surface area contributed by atoms with Gasteiger partial charge in [0.2, 0.25) is 0 Å². The van der Waals surface area contributed by atoms with Crippen molar-refractivity contribution in [2.24, 2.45) is 4.99 Å². The van der Waals surface area contributed by atoms with Crippen molar-refractivity contribution in [2.45, 2.75) is 56.5 Å². The molecule has 2 saturated carbocycles. The maximum absolute atomic E-state index is 13.0. The minimum Gasteiger partial charge on any atom is -0.365 e. The smallest absolute Gasteiger partial charge is 0.270 e. The molecule has 1 aliphatic heterocycles. The third kappa shape index (κ3) is 2.94. The zero-order valence-corrected chi connectivity index (χ0v) is 14.5. The van der Waals surface area contributed by atoms with Gasteiger partial charge in [0.15, 0.2) is 0 Å². The number of hydrogen-bond donors (Lipinski definition) is 1. The molecule has 3 aliphatic rings. The van der Waals surface area contributed by atoms with Gasteiger partial charge in [-0.05, 0) is 57.6 Å². The zero-order chi connectivity index (χ0) is 17.5. The van der Waals surface area contributed by atoms with Gasteiger partial charge < -0.3 is 10.2 Å². The summed E-state index contributed by atoms with van der Waals surface area (Å²) in [5, 5.41) is 3.23. The van der Waals surface area contributed by atoms with Gasteiger partial charge in [-0.3, -0.25) is 9.79 Å². The summed E-state index contributed by atoms with van der Waals surface area (Å²) in [4.78, 5) is 23.3. The predicted octanol–water partition coefficient (Wildman–Crippen LogP) is 3.04. The molecule has 0 radical (unpaired) electrons. The van der Waals surface area contributed by atoms with Gasteiger partial charge in [0.1, 0.15) is 11.5 Å². The summed E-state index contributed by atoms with van der Waals surface area (Å²) < 4.78 is 13.0. The summed E-state index contributed by atoms with van der Waals surface area (Å²) in [5.74, 6) is -0.634. The largest absolute Gasteiger partial charge is 0.365 e. The van der Waals surface area contributed by atoms with E-state index >= 15 is 0 Å². The highest BCUT2D eigenvalue weighted by Crippen LogP contribution is 2.51. The lowest BCUT2D eigenvalue weighted by molar-refractivity contribution is 0.0793. The molecule has 1 amide bonds. The molecule has 0 spiro atoms. The fraction of sp³-hybridized carbons (Fsp3) is 0.526. The molecule has 2 unspecified atom stereocenters. The number of fused-ring (bicyclic) bond motifs is 2. The second kappa shape index (κ2) is 5.93. The molecule has 0 aromatic carbocycles. The van der Waals surface area contributed by atoms with E-state index in [0.717, 1.165) is 57.0 Å². The van der Waals surface area contributed by atoms with E-state index in [-0.39, 0.29) is 22.7 Å². The number of pyridine rings is 1. The molecule has 2 bridgehead atoms. The fourth-order valence-electron chi connectivity index (χ4n) is 4.75. The molecule has 2 atom stereocenters. The van der Waals surface area contributed by atoms with Gasteiger partial charge in [0, 0.05) is 23.5 Å². The lowest BCUT2D eigenvalue weighted by Crippen LogP contribution is -2.54. The highest BCUT2D eigenvalue weighted by molar-refractivity contribution is 5.92. The van der Waals surface area contributed by atoms with Crippen molar-refractivity contribution >= 4 is 12.1 Å². The zero-order valence-electron chi connectivity index (χ0n) is 14.5. The Bertz CT molecular complexity index is 744. The summed E-state index contributed by atoms with van der Waals surface area (Å²) >= 11 is 0. The minimum absolute atomic E-state index is 0.107. The molecule has 25 heavy (non-hydrogen) atoms. The first-order valence-corrected chi connectivity index (χ1v) is 8.92. The first-order valence-electron chi connectivity index (χ1n) is 8.92. The maximum atomic E-state index is 13.0. The van der Waals surface area contributed by atoms with Crippen molar-refractivity contribution in [3.63, 3.8) is 0 Å². The Morgan fingerprint density at radius 1 is 1.28 bits per heavy atom. The van der Waals surface area contributed by atoms with Gasteiger partial charge in [-0.15, -0.1) is 0 Å². The molecule has 4 rings (SSSR count). The quantitative estimate of drug-likeness (QED) is 0.918. The highest BCUT2D eigenvalue weighted by atomic mass is 19.1. The van der Waals surface area contributed by atoms with Crippen LogP contribution in [-0.4, -0.2) is 39.6 Å². The Balaban J connectivity index is 1.52. The van der Waals surface area contributed by atoms with Crippen LogP contribution >= 0.6 is 0 Å². The number of carbonyl (C=O) groups is 1. The first-order chi connectivity index (χ1) is 12.0. The van der Waals surface area contributed by atoms with E-state index in [9.17, 15) is 9.18 Å². The van der Waals surface area contributed by atoms with Gasteiger partial charge in [0.25, 0.3) is 5.91 Å². The molecule has 1 aromatic rings. The number of amides is 1. The normalized spacial score (nSPS) is 31.0. The van der Waals surface area contributed by atoms with Crippen LogP contribution in [0.15, 0.2) is 35.2 Å². The highest BCUT2D eigenvalue weighted by Gasteiger charge is 2.54. The number of allylic oxidation sites excluding steroid dienone is 1. The van der Waals surface area contributed by atoms with Gasteiger partial charge >= 0.3 is 0 Å². The molecule has 0 saturated heterocycles. The van der Waals surface area contributed by atoms with E-state index < -0.39 is 5.82 Å². The molecule has 2 aliphatic carbocycles. The number of halogens is 1. The van der Waals surface area contributed by atoms with E-state index in [0.29, 0.717) is 0 Å². The topological polar surface area (TPSA) is 57.6 Å². The Morgan fingerprint density at radius 3 is 2.92 bits per heavy atom. The monoisotopic (exact) mass is 342 g/mol. The number of nitrogens with one attached hydrogen (secondary N) is 1. The molecule has 1 aromatic heterocycles. The Kier molecular flexibility index (Phi) is 3.85. The van der Waals surface area contributed by atoms with Crippen molar-refractivity contribution in [1.82, 2.24) is 15.2 Å². The van der Waals surface area contributed by atoms with Crippen LogP contribution in [-0.2, 0) is 0 Å². The summed E-state index contributed by atoms with van der Waals surface area (Å²) in [6.07, 6.45) is 11.4. The Labute approximate surface area is 147 Å².